The van der Waals surface area contributed by atoms with Crippen LogP contribution >= 0.6 is 0 Å². The molecule has 390 valence electrons. The number of aliphatic hydroxyl groups is 5. The molecule has 0 saturated carbocycles. The van der Waals surface area contributed by atoms with Crippen molar-refractivity contribution < 1.29 is 39.8 Å². The summed E-state index contributed by atoms with van der Waals surface area (Å²) in [6.45, 7) is 3.73. The SMILES string of the molecule is CC/C=C\C/C=C\C/C=C\C/C=C\C/C=C\CCCCCCCCCCCCCCCC(=O)NC(COC1OC(CO)C(O)C(O)C1O)C(O)CCCCCCCCCCCCCCCCC. The Morgan fingerprint density at radius 3 is 1.37 bits per heavy atom. The molecule has 0 radical (unpaired) electrons. The highest BCUT2D eigenvalue weighted by Gasteiger charge is 2.44. The van der Waals surface area contributed by atoms with Crippen LogP contribution in [-0.4, -0.2) is 87.5 Å². The number of unbranched alkanes of at least 4 members (excludes halogenated alkanes) is 27. The van der Waals surface area contributed by atoms with Crippen LogP contribution in [-0.2, 0) is 14.3 Å². The summed E-state index contributed by atoms with van der Waals surface area (Å²) in [6.07, 6.45) is 56.7. The van der Waals surface area contributed by atoms with E-state index in [-0.39, 0.29) is 12.5 Å². The highest BCUT2D eigenvalue weighted by Crippen LogP contribution is 2.23. The van der Waals surface area contributed by atoms with Crippen molar-refractivity contribution in [2.24, 2.45) is 0 Å². The minimum Gasteiger partial charge on any atom is -0.394 e. The van der Waals surface area contributed by atoms with Gasteiger partial charge in [-0.05, 0) is 57.8 Å². The van der Waals surface area contributed by atoms with Gasteiger partial charge in [0.05, 0.1) is 25.4 Å². The molecule has 6 N–H and O–H groups in total. The first-order valence-electron chi connectivity index (χ1n) is 28.0. The minimum absolute atomic E-state index is 0.139. The predicted molar refractivity (Wildman–Crippen MR) is 281 cm³/mol. The molecule has 1 heterocycles. The number of hydrogen-bond donors (Lipinski definition) is 6. The molecule has 9 nitrogen and oxygen atoms in total. The Balaban J connectivity index is 2.18. The lowest BCUT2D eigenvalue weighted by Gasteiger charge is -2.40. The van der Waals surface area contributed by atoms with Gasteiger partial charge in [0.15, 0.2) is 6.29 Å². The number of rotatable bonds is 47. The van der Waals surface area contributed by atoms with Gasteiger partial charge in [0.25, 0.3) is 0 Å². The Kier molecular flexibility index (Phi) is 44.7. The van der Waals surface area contributed by atoms with Crippen LogP contribution in [0.15, 0.2) is 60.8 Å². The summed E-state index contributed by atoms with van der Waals surface area (Å²) in [6, 6.07) is -0.721. The molecule has 0 aromatic heterocycles. The predicted octanol–water partition coefficient (Wildman–Crippen LogP) is 13.5. The van der Waals surface area contributed by atoms with Gasteiger partial charge in [-0.1, -0.05) is 242 Å². The Morgan fingerprint density at radius 1 is 0.522 bits per heavy atom. The lowest BCUT2D eigenvalue weighted by Crippen LogP contribution is -2.60. The summed E-state index contributed by atoms with van der Waals surface area (Å²) in [5, 5.41) is 54.6. The average Bonchev–Trinajstić information content (AvgIpc) is 3.33. The molecule has 1 aliphatic rings. The van der Waals surface area contributed by atoms with Gasteiger partial charge in [0, 0.05) is 6.42 Å². The normalized spacial score (nSPS) is 20.1. The van der Waals surface area contributed by atoms with Gasteiger partial charge in [-0.3, -0.25) is 4.79 Å². The molecule has 1 saturated heterocycles. The van der Waals surface area contributed by atoms with E-state index in [1.807, 2.05) is 0 Å². The van der Waals surface area contributed by atoms with Crippen molar-refractivity contribution in [1.82, 2.24) is 5.32 Å². The summed E-state index contributed by atoms with van der Waals surface area (Å²) >= 11 is 0. The number of allylic oxidation sites excluding steroid dienone is 10. The number of carbonyl (C=O) groups is 1. The van der Waals surface area contributed by atoms with E-state index in [9.17, 15) is 30.3 Å². The van der Waals surface area contributed by atoms with Gasteiger partial charge < -0.3 is 40.3 Å². The fourth-order valence-electron chi connectivity index (χ4n) is 8.72. The van der Waals surface area contributed by atoms with Crippen molar-refractivity contribution >= 4 is 5.91 Å². The van der Waals surface area contributed by atoms with E-state index < -0.39 is 49.5 Å². The number of ether oxygens (including phenoxy) is 2. The second-order valence-corrected chi connectivity index (χ2v) is 19.4. The molecule has 7 atom stereocenters. The van der Waals surface area contributed by atoms with Crippen molar-refractivity contribution in [3.8, 4) is 0 Å². The van der Waals surface area contributed by atoms with Crippen LogP contribution in [0.2, 0.25) is 0 Å². The molecule has 1 rings (SSSR count). The number of carbonyl (C=O) groups excluding carboxylic acids is 1. The van der Waals surface area contributed by atoms with E-state index in [4.69, 9.17) is 9.47 Å². The second-order valence-electron chi connectivity index (χ2n) is 19.4. The van der Waals surface area contributed by atoms with Crippen LogP contribution in [0, 0.1) is 0 Å². The zero-order chi connectivity index (χ0) is 48.7. The summed E-state index contributed by atoms with van der Waals surface area (Å²) < 4.78 is 11.3. The van der Waals surface area contributed by atoms with Crippen molar-refractivity contribution in [1.29, 1.82) is 0 Å². The summed E-state index contributed by atoms with van der Waals surface area (Å²) in [4.78, 5) is 13.1. The van der Waals surface area contributed by atoms with Crippen molar-refractivity contribution in [2.75, 3.05) is 13.2 Å². The molecule has 0 spiro atoms. The standard InChI is InChI=1S/C58H105NO8/c1-3-5-7-9-11-13-15-17-19-20-21-22-23-24-25-26-27-28-29-30-31-32-34-36-38-40-42-44-46-48-54(62)59-51(50-66-58-57(65)56(64)55(63)53(49-60)67-58)52(61)47-45-43-41-39-37-35-33-18-16-14-12-10-8-6-4-2/h5,7,11,13,17,19,21-22,24-25,51-53,55-58,60-61,63-65H,3-4,6,8-10,12,14-16,18,20,23,26-50H2,1-2H3,(H,59,62)/b7-5-,13-11-,19-17-,22-21-,25-24-. The molecular formula is C58H105NO8. The molecule has 1 fully saturated rings. The van der Waals surface area contributed by atoms with E-state index in [0.29, 0.717) is 12.8 Å². The smallest absolute Gasteiger partial charge is 0.220 e. The first-order valence-corrected chi connectivity index (χ1v) is 28.0. The van der Waals surface area contributed by atoms with Gasteiger partial charge >= 0.3 is 0 Å². The Bertz CT molecular complexity index is 1230. The topological polar surface area (TPSA) is 149 Å². The molecule has 9 heteroatoms. The first kappa shape index (κ1) is 62.9. The van der Waals surface area contributed by atoms with Gasteiger partial charge in [0.2, 0.25) is 5.91 Å². The summed E-state index contributed by atoms with van der Waals surface area (Å²) in [5.74, 6) is -0.146. The molecule has 0 aliphatic carbocycles. The highest BCUT2D eigenvalue weighted by atomic mass is 16.7. The van der Waals surface area contributed by atoms with E-state index in [1.54, 1.807) is 0 Å². The van der Waals surface area contributed by atoms with Crippen LogP contribution in [0.25, 0.3) is 0 Å². The van der Waals surface area contributed by atoms with E-state index in [2.05, 4.69) is 79.9 Å². The highest BCUT2D eigenvalue weighted by molar-refractivity contribution is 5.76. The van der Waals surface area contributed by atoms with Crippen molar-refractivity contribution in [3.63, 3.8) is 0 Å². The number of aliphatic hydroxyl groups excluding tert-OH is 5. The Hall–Kier alpha value is -2.11. The zero-order valence-electron chi connectivity index (χ0n) is 43.1. The van der Waals surface area contributed by atoms with Crippen LogP contribution in [0.4, 0.5) is 0 Å². The third-order valence-electron chi connectivity index (χ3n) is 13.1. The van der Waals surface area contributed by atoms with Crippen molar-refractivity contribution in [3.05, 3.63) is 60.8 Å². The van der Waals surface area contributed by atoms with Crippen LogP contribution in [0.5, 0.6) is 0 Å². The number of amides is 1. The molecule has 0 bridgehead atoms. The molecule has 1 amide bonds. The fraction of sp³-hybridized carbons (Fsp3) is 0.810. The van der Waals surface area contributed by atoms with Gasteiger partial charge in [-0.2, -0.15) is 0 Å². The summed E-state index contributed by atoms with van der Waals surface area (Å²) in [7, 11) is 0. The van der Waals surface area contributed by atoms with E-state index in [0.717, 1.165) is 70.6 Å². The zero-order valence-corrected chi connectivity index (χ0v) is 43.1. The molecule has 1 aliphatic heterocycles. The molecule has 0 aromatic carbocycles. The first-order chi connectivity index (χ1) is 32.8. The third-order valence-corrected chi connectivity index (χ3v) is 13.1. The lowest BCUT2D eigenvalue weighted by molar-refractivity contribution is -0.302. The third kappa shape index (κ3) is 37.4. The second kappa shape index (κ2) is 47.6. The van der Waals surface area contributed by atoms with Gasteiger partial charge in [0.1, 0.15) is 24.4 Å². The largest absolute Gasteiger partial charge is 0.394 e. The quantitative estimate of drug-likeness (QED) is 0.0261. The fourth-order valence-corrected chi connectivity index (χ4v) is 8.72. The van der Waals surface area contributed by atoms with Crippen LogP contribution < -0.4 is 5.32 Å². The molecule has 0 aromatic rings. The monoisotopic (exact) mass is 944 g/mol. The maximum Gasteiger partial charge on any atom is 0.220 e. The summed E-state index contributed by atoms with van der Waals surface area (Å²) in [5.41, 5.74) is 0. The van der Waals surface area contributed by atoms with Gasteiger partial charge in [-0.25, -0.2) is 0 Å². The van der Waals surface area contributed by atoms with E-state index in [1.165, 1.54) is 148 Å². The average molecular weight is 944 g/mol. The number of hydrogen-bond acceptors (Lipinski definition) is 8. The molecule has 67 heavy (non-hydrogen) atoms. The Morgan fingerprint density at radius 2 is 0.925 bits per heavy atom. The number of nitrogens with one attached hydrogen (secondary N) is 1. The van der Waals surface area contributed by atoms with Gasteiger partial charge in [-0.15, -0.1) is 0 Å². The maximum atomic E-state index is 13.1. The van der Waals surface area contributed by atoms with E-state index >= 15 is 0 Å². The minimum atomic E-state index is -1.55. The Labute approximate surface area is 411 Å². The van der Waals surface area contributed by atoms with Crippen molar-refractivity contribution in [2.45, 2.75) is 288 Å². The maximum absolute atomic E-state index is 13.1. The van der Waals surface area contributed by atoms with Crippen LogP contribution in [0.1, 0.15) is 245 Å². The lowest BCUT2D eigenvalue weighted by atomic mass is 9.99. The molecular weight excluding hydrogens is 839 g/mol. The van der Waals surface area contributed by atoms with Crippen LogP contribution in [0.3, 0.4) is 0 Å². The molecule has 7 unspecified atom stereocenters.